The fraction of sp³-hybridized carbons (Fsp3) is 0.320. The first kappa shape index (κ1) is 71.9. The van der Waals surface area contributed by atoms with Crippen LogP contribution in [0.25, 0.3) is 0 Å². The van der Waals surface area contributed by atoms with Crippen molar-refractivity contribution in [3.63, 3.8) is 0 Å². The predicted molar refractivity (Wildman–Crippen MR) is 392 cm³/mol. The summed E-state index contributed by atoms with van der Waals surface area (Å²) in [7, 11) is 6.36. The SMILES string of the molecule is CN1CCN(c2ncc(Sc3ccc(C(N)=O)cc3)c(OCCc3ccccc3)n2)CC1.CN1CCN(c2ncc(Sc3ccc(C(N)=O)cc3)c(OCc3cccc(CC4CC4)c3)n2)CC1.CN1CCN(c2ncc(Sc3ccc(C(N)=O)cc3)c(OCc3cccc(CO)c3)n2)CC1. The molecule has 7 N–H and O–H groups in total. The number of carbonyl (C=O) groups excluding carboxylic acids is 3. The lowest BCUT2D eigenvalue weighted by molar-refractivity contribution is 0.0992. The molecule has 1 aliphatic carbocycles. The smallest absolute Gasteiger partial charge is 0.248 e. The molecule has 3 amide bonds. The Morgan fingerprint density at radius 3 is 1.13 bits per heavy atom. The standard InChI is InChI=1S/C27H31N5O2S.C24H27N5O3S.C24H27N5O2S/c1-31-11-13-32(14-12-31)27-29-17-24(35-23-9-7-22(8-10-23)25(28)33)26(30-27)34-18-21-4-2-3-20(16-21)15-19-5-6-19;1-28-9-11-29(12-10-28)24-26-14-21(33-20-7-5-19(6-8-20)22(25)31)23(27-24)32-16-18-4-2-3-17(13-18)15-30;1-28-12-14-29(15-13-28)24-26-17-21(32-20-9-7-19(8-10-20)22(25)30)23(27-24)31-16-11-18-5-3-2-4-6-18/h2-4,7-10,16-17,19H,5-6,11-15,18H2,1H3,(H2,28,33);2-8,13-14,30H,9-12,15-16H2,1H3,(H2,25,31);2-10,17H,11-16H2,1H3,(H2,25,30). The number of aromatic nitrogens is 6. The lowest BCUT2D eigenvalue weighted by Crippen LogP contribution is -2.45. The molecule has 22 nitrogen and oxygen atoms in total. The van der Waals surface area contributed by atoms with Crippen LogP contribution in [0, 0.1) is 5.92 Å². The maximum Gasteiger partial charge on any atom is 0.248 e. The van der Waals surface area contributed by atoms with Crippen molar-refractivity contribution >= 4 is 70.9 Å². The summed E-state index contributed by atoms with van der Waals surface area (Å²) in [6.07, 6.45) is 10.1. The summed E-state index contributed by atoms with van der Waals surface area (Å²) in [5.74, 6) is 3.21. The molecule has 0 radical (unpaired) electrons. The summed E-state index contributed by atoms with van der Waals surface area (Å²) in [6.45, 7) is 12.4. The first-order chi connectivity index (χ1) is 48.6. The van der Waals surface area contributed by atoms with E-state index in [2.05, 4.69) is 102 Å². The average molecular weight is 1400 g/mol. The number of aliphatic hydroxyl groups is 1. The van der Waals surface area contributed by atoms with Gasteiger partial charge < -0.3 is 65.9 Å². The van der Waals surface area contributed by atoms with Gasteiger partial charge in [0.25, 0.3) is 0 Å². The molecule has 6 aromatic carbocycles. The van der Waals surface area contributed by atoms with Crippen LogP contribution in [0.4, 0.5) is 17.8 Å². The van der Waals surface area contributed by atoms with Gasteiger partial charge in [0, 0.05) is 116 Å². The van der Waals surface area contributed by atoms with Gasteiger partial charge in [0.1, 0.15) is 13.2 Å². The van der Waals surface area contributed by atoms with Crippen LogP contribution in [0.1, 0.15) is 71.7 Å². The Morgan fingerprint density at radius 1 is 0.430 bits per heavy atom. The minimum absolute atomic E-state index is 0.0166. The van der Waals surface area contributed by atoms with Crippen molar-refractivity contribution in [3.05, 3.63) is 215 Å². The molecule has 4 fully saturated rings. The molecule has 0 unspecified atom stereocenters. The highest BCUT2D eigenvalue weighted by atomic mass is 32.2. The molecular formula is C75H85N15O7S3. The molecule has 520 valence electrons. The van der Waals surface area contributed by atoms with E-state index >= 15 is 0 Å². The average Bonchev–Trinajstić information content (AvgIpc) is 0.995. The molecule has 3 saturated heterocycles. The maximum atomic E-state index is 11.4. The number of hydrogen-bond donors (Lipinski definition) is 4. The van der Waals surface area contributed by atoms with Gasteiger partial charge in [0.2, 0.25) is 53.2 Å². The van der Waals surface area contributed by atoms with E-state index in [4.69, 9.17) is 46.4 Å². The summed E-state index contributed by atoms with van der Waals surface area (Å²) in [4.78, 5) is 81.1. The number of amides is 3. The second kappa shape index (κ2) is 35.6. The largest absolute Gasteiger partial charge is 0.476 e. The predicted octanol–water partition coefficient (Wildman–Crippen LogP) is 9.66. The Bertz CT molecular complexity index is 4160. The number of anilines is 3. The van der Waals surface area contributed by atoms with E-state index in [-0.39, 0.29) is 6.61 Å². The van der Waals surface area contributed by atoms with E-state index in [1.54, 1.807) is 42.6 Å². The summed E-state index contributed by atoms with van der Waals surface area (Å²) in [5.41, 5.74) is 23.0. The quantitative estimate of drug-likeness (QED) is 0.0414. The Morgan fingerprint density at radius 2 is 0.770 bits per heavy atom. The molecular weight excluding hydrogens is 1320 g/mol. The maximum absolute atomic E-state index is 11.4. The third kappa shape index (κ3) is 21.3. The lowest BCUT2D eigenvalue weighted by atomic mass is 10.1. The fourth-order valence-corrected chi connectivity index (χ4v) is 13.5. The summed E-state index contributed by atoms with van der Waals surface area (Å²) >= 11 is 4.49. The van der Waals surface area contributed by atoms with Crippen molar-refractivity contribution < 1.29 is 33.7 Å². The monoisotopic (exact) mass is 1400 g/mol. The van der Waals surface area contributed by atoms with E-state index in [0.29, 0.717) is 72.0 Å². The van der Waals surface area contributed by atoms with Crippen LogP contribution < -0.4 is 46.1 Å². The third-order valence-electron chi connectivity index (χ3n) is 17.2. The van der Waals surface area contributed by atoms with Crippen LogP contribution in [-0.2, 0) is 32.7 Å². The first-order valence-electron chi connectivity index (χ1n) is 33.5. The zero-order valence-electron chi connectivity index (χ0n) is 56.6. The summed E-state index contributed by atoms with van der Waals surface area (Å²) in [5, 5.41) is 9.41. The van der Waals surface area contributed by atoms with Gasteiger partial charge in [-0.3, -0.25) is 14.4 Å². The topological polar surface area (TPSA) is 274 Å². The van der Waals surface area contributed by atoms with E-state index in [0.717, 1.165) is 143 Å². The number of aliphatic hydroxyl groups excluding tert-OH is 1. The number of nitrogens with two attached hydrogens (primary N) is 3. The Kier molecular flexibility index (Phi) is 25.6. The zero-order chi connectivity index (χ0) is 69.7. The van der Waals surface area contributed by atoms with Crippen LogP contribution in [0.2, 0.25) is 0 Å². The van der Waals surface area contributed by atoms with Crippen molar-refractivity contribution in [1.82, 2.24) is 44.6 Å². The second-order valence-corrected chi connectivity index (χ2v) is 28.3. The van der Waals surface area contributed by atoms with E-state index < -0.39 is 17.7 Å². The highest BCUT2D eigenvalue weighted by Gasteiger charge is 2.25. The number of primary amides is 3. The molecule has 0 atom stereocenters. The third-order valence-corrected chi connectivity index (χ3v) is 20.2. The molecule has 0 bridgehead atoms. The number of carbonyl (C=O) groups is 3. The van der Waals surface area contributed by atoms with Crippen LogP contribution in [-0.4, -0.2) is 174 Å². The summed E-state index contributed by atoms with van der Waals surface area (Å²) < 4.78 is 18.6. The number of rotatable bonds is 25. The van der Waals surface area contributed by atoms with Crippen molar-refractivity contribution in [2.24, 2.45) is 23.1 Å². The molecule has 3 aliphatic heterocycles. The van der Waals surface area contributed by atoms with Crippen LogP contribution in [0.15, 0.2) is 200 Å². The van der Waals surface area contributed by atoms with Gasteiger partial charge in [-0.25, -0.2) is 15.0 Å². The Hall–Kier alpha value is -9.34. The minimum Gasteiger partial charge on any atom is -0.476 e. The van der Waals surface area contributed by atoms with Crippen molar-refractivity contribution in [1.29, 1.82) is 0 Å². The number of ether oxygens (including phenoxy) is 3. The van der Waals surface area contributed by atoms with Gasteiger partial charge in [-0.15, -0.1) is 0 Å². The van der Waals surface area contributed by atoms with Crippen LogP contribution in [0.5, 0.6) is 17.6 Å². The summed E-state index contributed by atoms with van der Waals surface area (Å²) in [6, 6.07) is 48.0. The molecule has 3 aromatic heterocycles. The van der Waals surface area contributed by atoms with Crippen LogP contribution >= 0.6 is 35.3 Å². The number of hydrogen-bond acceptors (Lipinski definition) is 22. The Labute approximate surface area is 597 Å². The van der Waals surface area contributed by atoms with E-state index in [1.807, 2.05) is 91.3 Å². The molecule has 4 aliphatic rings. The number of piperazine rings is 3. The van der Waals surface area contributed by atoms with Gasteiger partial charge in [-0.2, -0.15) is 15.0 Å². The lowest BCUT2D eigenvalue weighted by Gasteiger charge is -2.32. The molecule has 9 aromatic rings. The molecule has 0 spiro atoms. The van der Waals surface area contributed by atoms with Gasteiger partial charge in [-0.05, 0) is 147 Å². The van der Waals surface area contributed by atoms with Crippen molar-refractivity contribution in [2.75, 3.05) is 121 Å². The van der Waals surface area contributed by atoms with Crippen LogP contribution in [0.3, 0.4) is 0 Å². The van der Waals surface area contributed by atoms with Gasteiger partial charge in [0.05, 0.1) is 46.5 Å². The van der Waals surface area contributed by atoms with Gasteiger partial charge in [0.15, 0.2) is 0 Å². The molecule has 100 heavy (non-hydrogen) atoms. The number of nitrogens with zero attached hydrogens (tertiary/aromatic N) is 12. The second-order valence-electron chi connectivity index (χ2n) is 25.0. The molecule has 1 saturated carbocycles. The van der Waals surface area contributed by atoms with Gasteiger partial charge >= 0.3 is 0 Å². The highest BCUT2D eigenvalue weighted by Crippen LogP contribution is 2.39. The first-order valence-corrected chi connectivity index (χ1v) is 35.9. The molecule has 6 heterocycles. The van der Waals surface area contributed by atoms with Crippen molar-refractivity contribution in [3.8, 4) is 17.6 Å². The molecule has 13 rings (SSSR count). The van der Waals surface area contributed by atoms with Crippen molar-refractivity contribution in [2.45, 2.75) is 74.9 Å². The number of benzene rings is 6. The zero-order valence-corrected chi connectivity index (χ0v) is 59.1. The van der Waals surface area contributed by atoms with E-state index in [1.165, 1.54) is 59.3 Å². The fourth-order valence-electron chi connectivity index (χ4n) is 11.0. The Balaban J connectivity index is 0.000000151. The molecule has 25 heteroatoms. The highest BCUT2D eigenvalue weighted by molar-refractivity contribution is 8.00. The minimum atomic E-state index is -0.458. The normalized spacial score (nSPS) is 15.0. The number of likely N-dealkylation sites (N-methyl/N-ethyl adjacent to an activating group) is 3. The van der Waals surface area contributed by atoms with Gasteiger partial charge in [-0.1, -0.05) is 114 Å². The van der Waals surface area contributed by atoms with E-state index in [9.17, 15) is 19.5 Å².